The van der Waals surface area contributed by atoms with Gasteiger partial charge in [0.1, 0.15) is 5.82 Å². The maximum absolute atomic E-state index is 14.4. The Kier molecular flexibility index (Phi) is 4.72. The largest absolute Gasteiger partial charge is 0.342 e. The van der Waals surface area contributed by atoms with E-state index in [-0.39, 0.29) is 18.3 Å². The van der Waals surface area contributed by atoms with Gasteiger partial charge in [0.05, 0.1) is 0 Å². The summed E-state index contributed by atoms with van der Waals surface area (Å²) in [6.45, 7) is 6.29. The molecule has 0 spiro atoms. The lowest BCUT2D eigenvalue weighted by atomic mass is 9.92. The van der Waals surface area contributed by atoms with E-state index < -0.39 is 18.2 Å². The number of nitrogens with zero attached hydrogens (tertiary/aromatic N) is 4. The lowest BCUT2D eigenvalue weighted by Gasteiger charge is -2.41. The minimum atomic E-state index is -0.662. The second-order valence-corrected chi connectivity index (χ2v) is 8.26. The van der Waals surface area contributed by atoms with Gasteiger partial charge in [0.2, 0.25) is 0 Å². The maximum atomic E-state index is 14.4. The normalized spacial score (nSPS) is 30.3. The molecule has 0 saturated carbocycles. The number of hydrogen-bond donors (Lipinski definition) is 1. The average molecular weight is 387 g/mol. The van der Waals surface area contributed by atoms with Crippen LogP contribution >= 0.6 is 0 Å². The number of halogens is 1. The number of piperidine rings is 1. The number of fused-ring (bicyclic) bond motifs is 1. The smallest absolute Gasteiger partial charge is 0.325 e. The number of guanidine groups is 1. The summed E-state index contributed by atoms with van der Waals surface area (Å²) in [5.41, 5.74) is 0.501. The number of nitrogens with one attached hydrogen (secondary N) is 1. The summed E-state index contributed by atoms with van der Waals surface area (Å²) in [4.78, 5) is 35.0. The van der Waals surface area contributed by atoms with Gasteiger partial charge in [0.15, 0.2) is 18.2 Å². The monoisotopic (exact) mass is 387 g/mol. The number of carbonyl (C=O) groups is 2. The van der Waals surface area contributed by atoms with Gasteiger partial charge < -0.3 is 14.7 Å². The number of carbonyl (C=O) groups excluding carboxylic acids is 2. The predicted molar refractivity (Wildman–Crippen MR) is 103 cm³/mol. The Morgan fingerprint density at radius 1 is 1.18 bits per heavy atom. The standard InChI is InChI=1S/C20H26FN5O2/c1-12-8-13(2)10-25(9-12)19-22-17-16(18(27)23-20(28)24(17)3)26(19)11-14-6-4-5-7-15(14)21/h4-7,12-13,16-17H,8-11H2,1-3H3,(H,23,27,28). The van der Waals surface area contributed by atoms with Crippen LogP contribution in [0.15, 0.2) is 29.3 Å². The van der Waals surface area contributed by atoms with Gasteiger partial charge in [-0.05, 0) is 24.3 Å². The Morgan fingerprint density at radius 3 is 2.54 bits per heavy atom. The molecule has 28 heavy (non-hydrogen) atoms. The van der Waals surface area contributed by atoms with Crippen molar-refractivity contribution in [2.45, 2.75) is 39.0 Å². The van der Waals surface area contributed by atoms with Crippen LogP contribution in [0.1, 0.15) is 25.8 Å². The number of hydrogen-bond acceptors (Lipinski definition) is 5. The molecule has 2 fully saturated rings. The fraction of sp³-hybridized carbons (Fsp3) is 0.550. The Labute approximate surface area is 164 Å². The van der Waals surface area contributed by atoms with Crippen molar-refractivity contribution in [3.8, 4) is 0 Å². The second-order valence-electron chi connectivity index (χ2n) is 8.26. The molecule has 4 rings (SSSR count). The molecule has 0 radical (unpaired) electrons. The molecule has 0 aliphatic carbocycles. The van der Waals surface area contributed by atoms with Crippen molar-refractivity contribution in [3.05, 3.63) is 35.6 Å². The highest BCUT2D eigenvalue weighted by Crippen LogP contribution is 2.30. The fourth-order valence-electron chi connectivity index (χ4n) is 4.58. The Hall–Kier alpha value is -2.64. The van der Waals surface area contributed by atoms with Crippen LogP contribution < -0.4 is 5.32 Å². The molecule has 4 atom stereocenters. The van der Waals surface area contributed by atoms with Gasteiger partial charge >= 0.3 is 6.03 Å². The van der Waals surface area contributed by atoms with Crippen molar-refractivity contribution in [2.75, 3.05) is 20.1 Å². The first-order chi connectivity index (χ1) is 13.3. The predicted octanol–water partition coefficient (Wildman–Crippen LogP) is 1.85. The molecule has 3 amide bonds. The number of rotatable bonds is 2. The van der Waals surface area contributed by atoms with E-state index in [0.29, 0.717) is 23.4 Å². The van der Waals surface area contributed by atoms with Gasteiger partial charge in [-0.15, -0.1) is 0 Å². The Balaban J connectivity index is 1.71. The Morgan fingerprint density at radius 2 is 1.86 bits per heavy atom. The first-order valence-corrected chi connectivity index (χ1v) is 9.75. The molecule has 1 aromatic carbocycles. The third-order valence-corrected chi connectivity index (χ3v) is 5.79. The molecule has 0 aromatic heterocycles. The molecule has 150 valence electrons. The molecule has 0 bridgehead atoms. The first kappa shape index (κ1) is 18.7. The lowest BCUT2D eigenvalue weighted by molar-refractivity contribution is -0.127. The van der Waals surface area contributed by atoms with E-state index >= 15 is 0 Å². The first-order valence-electron chi connectivity index (χ1n) is 9.75. The summed E-state index contributed by atoms with van der Waals surface area (Å²) in [5, 5.41) is 2.39. The number of imide groups is 1. The number of aliphatic imine (C=N–C) groups is 1. The minimum Gasteiger partial charge on any atom is -0.342 e. The summed E-state index contributed by atoms with van der Waals surface area (Å²) < 4.78 is 14.4. The molecule has 8 heteroatoms. The highest BCUT2D eigenvalue weighted by atomic mass is 19.1. The molecular formula is C20H26FN5O2. The molecule has 3 heterocycles. The van der Waals surface area contributed by atoms with E-state index in [4.69, 9.17) is 4.99 Å². The van der Waals surface area contributed by atoms with Gasteiger partial charge in [-0.2, -0.15) is 0 Å². The Bertz CT molecular complexity index is 819. The van der Waals surface area contributed by atoms with Gasteiger partial charge in [-0.1, -0.05) is 32.0 Å². The molecule has 7 nitrogen and oxygen atoms in total. The highest BCUT2D eigenvalue weighted by Gasteiger charge is 2.50. The van der Waals surface area contributed by atoms with Crippen LogP contribution in [0.5, 0.6) is 0 Å². The van der Waals surface area contributed by atoms with Crippen LogP contribution in [0, 0.1) is 17.7 Å². The van der Waals surface area contributed by atoms with E-state index in [1.807, 2.05) is 4.90 Å². The lowest BCUT2D eigenvalue weighted by Crippen LogP contribution is -2.64. The molecule has 1 aromatic rings. The number of amides is 3. The molecule has 1 N–H and O–H groups in total. The quantitative estimate of drug-likeness (QED) is 0.841. The maximum Gasteiger partial charge on any atom is 0.325 e. The van der Waals surface area contributed by atoms with Crippen molar-refractivity contribution in [2.24, 2.45) is 16.8 Å². The highest BCUT2D eigenvalue weighted by molar-refractivity contribution is 6.03. The summed E-state index contributed by atoms with van der Waals surface area (Å²) in [5.74, 6) is 0.969. The van der Waals surface area contributed by atoms with Crippen LogP contribution in [0.4, 0.5) is 9.18 Å². The van der Waals surface area contributed by atoms with Crippen LogP contribution in [0.2, 0.25) is 0 Å². The zero-order valence-electron chi connectivity index (χ0n) is 16.4. The van der Waals surface area contributed by atoms with Crippen molar-refractivity contribution >= 4 is 17.9 Å². The molecule has 4 unspecified atom stereocenters. The third-order valence-electron chi connectivity index (χ3n) is 5.79. The zero-order valence-corrected chi connectivity index (χ0v) is 16.4. The van der Waals surface area contributed by atoms with Crippen molar-refractivity contribution in [3.63, 3.8) is 0 Å². The fourth-order valence-corrected chi connectivity index (χ4v) is 4.58. The van der Waals surface area contributed by atoms with Crippen molar-refractivity contribution in [1.29, 1.82) is 0 Å². The summed E-state index contributed by atoms with van der Waals surface area (Å²) in [6.07, 6.45) is 0.540. The number of likely N-dealkylation sites (tertiary alicyclic amines) is 1. The minimum absolute atomic E-state index is 0.224. The van der Waals surface area contributed by atoms with Crippen molar-refractivity contribution in [1.82, 2.24) is 20.0 Å². The van der Waals surface area contributed by atoms with Gasteiger partial charge in [0, 0.05) is 32.2 Å². The van der Waals surface area contributed by atoms with E-state index in [9.17, 15) is 14.0 Å². The van der Waals surface area contributed by atoms with E-state index in [2.05, 4.69) is 24.1 Å². The second kappa shape index (κ2) is 7.07. The number of urea groups is 1. The van der Waals surface area contributed by atoms with E-state index in [0.717, 1.165) is 19.5 Å². The molecule has 3 aliphatic rings. The van der Waals surface area contributed by atoms with Crippen LogP contribution in [-0.4, -0.2) is 64.9 Å². The van der Waals surface area contributed by atoms with E-state index in [1.165, 1.54) is 11.0 Å². The number of benzene rings is 1. The average Bonchev–Trinajstić information content (AvgIpc) is 3.01. The molecular weight excluding hydrogens is 361 g/mol. The third kappa shape index (κ3) is 3.21. The number of likely N-dealkylation sites (N-methyl/N-ethyl adjacent to an activating group) is 1. The summed E-state index contributed by atoms with van der Waals surface area (Å²) in [6, 6.07) is 5.45. The van der Waals surface area contributed by atoms with Crippen LogP contribution in [0.3, 0.4) is 0 Å². The van der Waals surface area contributed by atoms with Gasteiger partial charge in [0.25, 0.3) is 5.91 Å². The van der Waals surface area contributed by atoms with Gasteiger partial charge in [-0.3, -0.25) is 10.1 Å². The summed E-state index contributed by atoms with van der Waals surface area (Å²) >= 11 is 0. The van der Waals surface area contributed by atoms with Crippen molar-refractivity contribution < 1.29 is 14.0 Å². The topological polar surface area (TPSA) is 68.2 Å². The van der Waals surface area contributed by atoms with Crippen LogP contribution in [0.25, 0.3) is 0 Å². The zero-order chi connectivity index (χ0) is 20.0. The summed E-state index contributed by atoms with van der Waals surface area (Å²) in [7, 11) is 1.63. The van der Waals surface area contributed by atoms with Crippen LogP contribution in [-0.2, 0) is 11.3 Å². The SMILES string of the molecule is CC1CC(C)CN(C2=NC3C(C(=O)NC(=O)N3C)N2Cc2ccccc2F)C1. The molecule has 3 aliphatic heterocycles. The molecule has 2 saturated heterocycles. The van der Waals surface area contributed by atoms with Gasteiger partial charge in [-0.25, -0.2) is 14.2 Å². The van der Waals surface area contributed by atoms with E-state index in [1.54, 1.807) is 25.2 Å².